The molecule has 0 amide bonds. The molecule has 1 fully saturated rings. The summed E-state index contributed by atoms with van der Waals surface area (Å²) in [5, 5.41) is 19.1. The number of nitrogens with zero attached hydrogens (tertiary/aromatic N) is 4. The van der Waals surface area contributed by atoms with Crippen LogP contribution in [0.5, 0.6) is 0 Å². The molecule has 0 bridgehead atoms. The van der Waals surface area contributed by atoms with Crippen molar-refractivity contribution in [3.05, 3.63) is 45.2 Å². The molecule has 3 aromatic rings. The zero-order valence-electron chi connectivity index (χ0n) is 13.7. The zero-order valence-corrected chi connectivity index (χ0v) is 14.5. The standard InChI is InChI=1S/C17H19ClN6O/c18-13-9-5-4-6-11(13)10-24-15-14(20-23-24)16(21-22-17(15)25)19-12-7-2-1-3-8-12/h4-6,9,12H,1-3,7-8,10H2,(H,19,21)(H,22,25). The summed E-state index contributed by atoms with van der Waals surface area (Å²) in [7, 11) is 0. The maximum absolute atomic E-state index is 12.3. The van der Waals surface area contributed by atoms with Gasteiger partial charge in [0.2, 0.25) is 0 Å². The fourth-order valence-electron chi connectivity index (χ4n) is 3.35. The second-order valence-corrected chi connectivity index (χ2v) is 6.82. The van der Waals surface area contributed by atoms with Crippen LogP contribution in [0.15, 0.2) is 29.1 Å². The SMILES string of the molecule is O=c1[nH]nc(NC2CCCCC2)c2nnn(Cc3ccccc3Cl)c12. The van der Waals surface area contributed by atoms with E-state index < -0.39 is 0 Å². The number of aromatic nitrogens is 5. The van der Waals surface area contributed by atoms with Crippen molar-refractivity contribution < 1.29 is 0 Å². The van der Waals surface area contributed by atoms with Gasteiger partial charge in [-0.2, -0.15) is 5.10 Å². The number of rotatable bonds is 4. The van der Waals surface area contributed by atoms with E-state index in [0.717, 1.165) is 18.4 Å². The van der Waals surface area contributed by atoms with Crippen LogP contribution in [0.1, 0.15) is 37.7 Å². The minimum absolute atomic E-state index is 0.304. The van der Waals surface area contributed by atoms with Crippen molar-refractivity contribution in [1.29, 1.82) is 0 Å². The van der Waals surface area contributed by atoms with Gasteiger partial charge in [-0.1, -0.05) is 54.3 Å². The van der Waals surface area contributed by atoms with Crippen molar-refractivity contribution in [2.45, 2.75) is 44.7 Å². The number of hydrogen-bond acceptors (Lipinski definition) is 5. The summed E-state index contributed by atoms with van der Waals surface area (Å²) in [5.74, 6) is 0.590. The average molecular weight is 359 g/mol. The van der Waals surface area contributed by atoms with Crippen LogP contribution in [0.3, 0.4) is 0 Å². The van der Waals surface area contributed by atoms with Gasteiger partial charge in [-0.05, 0) is 24.5 Å². The lowest BCUT2D eigenvalue weighted by molar-refractivity contribution is 0.461. The number of anilines is 1. The van der Waals surface area contributed by atoms with Crippen LogP contribution in [0.2, 0.25) is 5.02 Å². The molecule has 130 valence electrons. The second kappa shape index (κ2) is 6.84. The van der Waals surface area contributed by atoms with E-state index in [-0.39, 0.29) is 5.56 Å². The second-order valence-electron chi connectivity index (χ2n) is 6.42. The smallest absolute Gasteiger partial charge is 0.292 e. The molecule has 25 heavy (non-hydrogen) atoms. The van der Waals surface area contributed by atoms with Gasteiger partial charge in [0.1, 0.15) is 0 Å². The van der Waals surface area contributed by atoms with Crippen molar-refractivity contribution >= 4 is 28.5 Å². The predicted octanol–water partition coefficient (Wildman–Crippen LogP) is 2.96. The molecule has 1 aromatic carbocycles. The van der Waals surface area contributed by atoms with Gasteiger partial charge in [0, 0.05) is 11.1 Å². The van der Waals surface area contributed by atoms with Crippen LogP contribution in [0.25, 0.3) is 11.0 Å². The Bertz CT molecular complexity index is 944. The molecule has 1 aliphatic rings. The zero-order chi connectivity index (χ0) is 17.2. The van der Waals surface area contributed by atoms with E-state index in [1.165, 1.54) is 19.3 Å². The number of fused-ring (bicyclic) bond motifs is 1. The van der Waals surface area contributed by atoms with E-state index in [9.17, 15) is 4.79 Å². The van der Waals surface area contributed by atoms with Crippen LogP contribution in [-0.2, 0) is 6.54 Å². The largest absolute Gasteiger partial charge is 0.364 e. The molecule has 4 rings (SSSR count). The molecule has 0 atom stereocenters. The Labute approximate surface area is 149 Å². The molecule has 0 spiro atoms. The van der Waals surface area contributed by atoms with Gasteiger partial charge in [-0.3, -0.25) is 4.79 Å². The molecule has 2 heterocycles. The predicted molar refractivity (Wildman–Crippen MR) is 97.0 cm³/mol. The highest BCUT2D eigenvalue weighted by molar-refractivity contribution is 6.31. The first-order valence-electron chi connectivity index (χ1n) is 8.54. The maximum Gasteiger partial charge on any atom is 0.292 e. The maximum atomic E-state index is 12.3. The first-order valence-corrected chi connectivity index (χ1v) is 8.92. The minimum Gasteiger partial charge on any atom is -0.364 e. The molecule has 0 aliphatic heterocycles. The van der Waals surface area contributed by atoms with E-state index in [1.54, 1.807) is 4.68 Å². The third-order valence-corrected chi connectivity index (χ3v) is 5.04. The Morgan fingerprint density at radius 3 is 2.84 bits per heavy atom. The van der Waals surface area contributed by atoms with E-state index >= 15 is 0 Å². The van der Waals surface area contributed by atoms with Crippen LogP contribution in [0.4, 0.5) is 5.82 Å². The van der Waals surface area contributed by atoms with Crippen LogP contribution < -0.4 is 10.9 Å². The van der Waals surface area contributed by atoms with Gasteiger partial charge in [0.05, 0.1) is 6.54 Å². The fraction of sp³-hybridized carbons (Fsp3) is 0.412. The van der Waals surface area contributed by atoms with E-state index in [4.69, 9.17) is 11.6 Å². The molecule has 8 heteroatoms. The van der Waals surface area contributed by atoms with Crippen LogP contribution in [0, 0.1) is 0 Å². The lowest BCUT2D eigenvalue weighted by Gasteiger charge is -2.22. The molecular weight excluding hydrogens is 340 g/mol. The average Bonchev–Trinajstić information content (AvgIpc) is 3.05. The topological polar surface area (TPSA) is 88.5 Å². The summed E-state index contributed by atoms with van der Waals surface area (Å²) in [5.41, 5.74) is 1.49. The summed E-state index contributed by atoms with van der Waals surface area (Å²) >= 11 is 6.22. The van der Waals surface area contributed by atoms with E-state index in [1.807, 2.05) is 24.3 Å². The molecule has 2 aromatic heterocycles. The van der Waals surface area contributed by atoms with Crippen LogP contribution in [-0.4, -0.2) is 31.2 Å². The van der Waals surface area contributed by atoms with Gasteiger partial charge in [0.25, 0.3) is 5.56 Å². The molecular formula is C17H19ClN6O. The molecule has 2 N–H and O–H groups in total. The number of benzene rings is 1. The fourth-order valence-corrected chi connectivity index (χ4v) is 3.54. The Morgan fingerprint density at radius 2 is 2.04 bits per heavy atom. The molecule has 0 saturated heterocycles. The first-order chi connectivity index (χ1) is 12.2. The van der Waals surface area contributed by atoms with Crippen molar-refractivity contribution in [1.82, 2.24) is 25.2 Å². The molecule has 1 saturated carbocycles. The van der Waals surface area contributed by atoms with Crippen molar-refractivity contribution in [3.8, 4) is 0 Å². The Morgan fingerprint density at radius 1 is 1.24 bits per heavy atom. The van der Waals surface area contributed by atoms with Gasteiger partial charge >= 0.3 is 0 Å². The highest BCUT2D eigenvalue weighted by Gasteiger charge is 2.19. The summed E-state index contributed by atoms with van der Waals surface area (Å²) < 4.78 is 1.57. The lowest BCUT2D eigenvalue weighted by Crippen LogP contribution is -2.24. The van der Waals surface area contributed by atoms with E-state index in [0.29, 0.717) is 34.5 Å². The normalized spacial score (nSPS) is 15.6. The number of halogens is 1. The monoisotopic (exact) mass is 358 g/mol. The third-order valence-electron chi connectivity index (χ3n) is 4.67. The molecule has 7 nitrogen and oxygen atoms in total. The lowest BCUT2D eigenvalue weighted by atomic mass is 9.95. The van der Waals surface area contributed by atoms with Gasteiger partial charge in [-0.15, -0.1) is 5.10 Å². The van der Waals surface area contributed by atoms with Gasteiger partial charge in [-0.25, -0.2) is 9.78 Å². The van der Waals surface area contributed by atoms with Gasteiger partial charge in [0.15, 0.2) is 16.9 Å². The number of H-pyrrole nitrogens is 1. The van der Waals surface area contributed by atoms with Crippen molar-refractivity contribution in [2.75, 3.05) is 5.32 Å². The molecule has 0 unspecified atom stereocenters. The van der Waals surface area contributed by atoms with E-state index in [2.05, 4.69) is 25.8 Å². The highest BCUT2D eigenvalue weighted by Crippen LogP contribution is 2.24. The summed E-state index contributed by atoms with van der Waals surface area (Å²) in [6.07, 6.45) is 5.92. The summed E-state index contributed by atoms with van der Waals surface area (Å²) in [4.78, 5) is 12.3. The summed E-state index contributed by atoms with van der Waals surface area (Å²) in [6, 6.07) is 7.87. The molecule has 0 radical (unpaired) electrons. The number of nitrogens with one attached hydrogen (secondary N) is 2. The number of aromatic amines is 1. The quantitative estimate of drug-likeness (QED) is 0.748. The summed E-state index contributed by atoms with van der Waals surface area (Å²) in [6.45, 7) is 0.381. The Balaban J connectivity index is 1.69. The van der Waals surface area contributed by atoms with Crippen LogP contribution >= 0.6 is 11.6 Å². The van der Waals surface area contributed by atoms with Crippen molar-refractivity contribution in [3.63, 3.8) is 0 Å². The van der Waals surface area contributed by atoms with Gasteiger partial charge < -0.3 is 5.32 Å². The highest BCUT2D eigenvalue weighted by atomic mass is 35.5. The Hall–Kier alpha value is -2.41. The van der Waals surface area contributed by atoms with Crippen molar-refractivity contribution in [2.24, 2.45) is 0 Å². The first kappa shape index (κ1) is 16.1. The third kappa shape index (κ3) is 3.24. The minimum atomic E-state index is -0.304. The molecule has 1 aliphatic carbocycles. The number of hydrogen-bond donors (Lipinski definition) is 2. The Kier molecular flexibility index (Phi) is 4.40.